The summed E-state index contributed by atoms with van der Waals surface area (Å²) < 4.78 is 12.0. The van der Waals surface area contributed by atoms with E-state index in [9.17, 15) is 4.39 Å². The second kappa shape index (κ2) is 3.27. The molecule has 0 aromatic rings. The topological polar surface area (TPSA) is 52.5 Å². The number of alkyl halides is 1. The molecule has 1 aliphatic rings. The molecular weight excluding hydrogens is 137 g/mol. The predicted molar refractivity (Wildman–Crippen MR) is 34.3 cm³/mol. The van der Waals surface area contributed by atoms with E-state index in [0.29, 0.717) is 13.1 Å². The van der Waals surface area contributed by atoms with Crippen LogP contribution < -0.4 is 5.32 Å². The molecule has 0 radical (unpaired) electrons. The molecule has 3 nitrogen and oxygen atoms in total. The fourth-order valence-electron chi connectivity index (χ4n) is 1.12. The van der Waals surface area contributed by atoms with Gasteiger partial charge in [0, 0.05) is 19.0 Å². The Balaban J connectivity index is 2.42. The lowest BCUT2D eigenvalue weighted by molar-refractivity contribution is -0.0406. The first-order valence-electron chi connectivity index (χ1n) is 3.38. The third-order valence-electron chi connectivity index (χ3n) is 1.84. The van der Waals surface area contributed by atoms with Crippen LogP contribution in [0.15, 0.2) is 0 Å². The highest BCUT2D eigenvalue weighted by molar-refractivity contribution is 4.83. The molecule has 0 aliphatic carbocycles. The van der Waals surface area contributed by atoms with Crippen LogP contribution in [0.2, 0.25) is 0 Å². The van der Waals surface area contributed by atoms with Crippen LogP contribution in [-0.2, 0) is 0 Å². The van der Waals surface area contributed by atoms with Crippen LogP contribution in [0.1, 0.15) is 0 Å². The average Bonchev–Trinajstić information content (AvgIpc) is 1.95. The van der Waals surface area contributed by atoms with Crippen molar-refractivity contribution in [2.24, 2.45) is 5.92 Å². The van der Waals surface area contributed by atoms with E-state index in [4.69, 9.17) is 10.2 Å². The minimum absolute atomic E-state index is 0.359. The highest BCUT2D eigenvalue weighted by Crippen LogP contribution is 2.11. The van der Waals surface area contributed by atoms with Gasteiger partial charge in [-0.3, -0.25) is 4.39 Å². The normalized spacial score (nSPS) is 41.7. The average molecular weight is 149 g/mol. The number of aliphatic hydroxyl groups excluding tert-OH is 2. The van der Waals surface area contributed by atoms with E-state index in [1.165, 1.54) is 0 Å². The van der Waals surface area contributed by atoms with Crippen LogP contribution in [0, 0.1) is 5.92 Å². The molecule has 0 unspecified atom stereocenters. The van der Waals surface area contributed by atoms with E-state index in [0.717, 1.165) is 0 Å². The Kier molecular flexibility index (Phi) is 2.59. The van der Waals surface area contributed by atoms with Crippen LogP contribution in [-0.4, -0.2) is 42.2 Å². The summed E-state index contributed by atoms with van der Waals surface area (Å²) in [7, 11) is 0. The molecule has 1 heterocycles. The summed E-state index contributed by atoms with van der Waals surface area (Å²) in [5.41, 5.74) is 0. The van der Waals surface area contributed by atoms with Gasteiger partial charge in [0.2, 0.25) is 0 Å². The van der Waals surface area contributed by atoms with Gasteiger partial charge in [-0.15, -0.1) is 0 Å². The zero-order valence-corrected chi connectivity index (χ0v) is 5.63. The number of aliphatic hydroxyl groups is 2. The molecule has 0 spiro atoms. The van der Waals surface area contributed by atoms with Crippen molar-refractivity contribution in [3.05, 3.63) is 0 Å². The summed E-state index contributed by atoms with van der Waals surface area (Å²) in [6.07, 6.45) is -1.71. The predicted octanol–water partition coefficient (Wildman–Crippen LogP) is -1.10. The van der Waals surface area contributed by atoms with Gasteiger partial charge in [-0.2, -0.15) is 0 Å². The molecule has 1 rings (SSSR count). The molecule has 10 heavy (non-hydrogen) atoms. The van der Waals surface area contributed by atoms with Crippen molar-refractivity contribution in [1.82, 2.24) is 5.32 Å². The standard InChI is InChI=1S/C6H12FNO2/c7-1-4-2-8-3-5(9)6(4)10/h4-6,8-10H,1-3H2/t4-,5-,6-/m1/s1. The number of rotatable bonds is 1. The Morgan fingerprint density at radius 2 is 2.10 bits per heavy atom. The van der Waals surface area contributed by atoms with Gasteiger partial charge in [-0.1, -0.05) is 0 Å². The number of piperidine rings is 1. The van der Waals surface area contributed by atoms with Gasteiger partial charge in [0.25, 0.3) is 0 Å². The van der Waals surface area contributed by atoms with Crippen molar-refractivity contribution in [1.29, 1.82) is 0 Å². The molecule has 0 aromatic heterocycles. The summed E-state index contributed by atoms with van der Waals surface area (Å²) in [6, 6.07) is 0. The maximum absolute atomic E-state index is 12.0. The zero-order chi connectivity index (χ0) is 7.56. The zero-order valence-electron chi connectivity index (χ0n) is 5.63. The van der Waals surface area contributed by atoms with E-state index >= 15 is 0 Å². The van der Waals surface area contributed by atoms with Crippen molar-refractivity contribution in [3.63, 3.8) is 0 Å². The van der Waals surface area contributed by atoms with E-state index < -0.39 is 24.8 Å². The molecule has 60 valence electrons. The lowest BCUT2D eigenvalue weighted by Gasteiger charge is -2.30. The first-order valence-corrected chi connectivity index (χ1v) is 3.38. The smallest absolute Gasteiger partial charge is 0.0960 e. The first kappa shape index (κ1) is 7.91. The Hall–Kier alpha value is -0.190. The Morgan fingerprint density at radius 1 is 1.40 bits per heavy atom. The van der Waals surface area contributed by atoms with Crippen molar-refractivity contribution in [2.75, 3.05) is 19.8 Å². The molecule has 1 fully saturated rings. The summed E-state index contributed by atoms with van der Waals surface area (Å²) in [5.74, 6) is -0.441. The second-order valence-corrected chi connectivity index (χ2v) is 2.63. The molecule has 0 amide bonds. The Bertz CT molecular complexity index is 112. The molecule has 0 bridgehead atoms. The van der Waals surface area contributed by atoms with Gasteiger partial charge in [-0.05, 0) is 0 Å². The summed E-state index contributed by atoms with van der Waals surface area (Å²) in [4.78, 5) is 0. The molecule has 0 aromatic carbocycles. The Morgan fingerprint density at radius 3 is 2.60 bits per heavy atom. The fourth-order valence-corrected chi connectivity index (χ4v) is 1.12. The Labute approximate surface area is 58.9 Å². The first-order chi connectivity index (χ1) is 4.75. The SMILES string of the molecule is O[C@@H]1[C@H](CF)CNC[C@H]1O. The lowest BCUT2D eigenvalue weighted by Crippen LogP contribution is -2.51. The third-order valence-corrected chi connectivity index (χ3v) is 1.84. The summed E-state index contributed by atoms with van der Waals surface area (Å²) >= 11 is 0. The summed E-state index contributed by atoms with van der Waals surface area (Å²) in [5, 5.41) is 20.9. The van der Waals surface area contributed by atoms with E-state index in [1.54, 1.807) is 0 Å². The van der Waals surface area contributed by atoms with Crippen molar-refractivity contribution >= 4 is 0 Å². The summed E-state index contributed by atoms with van der Waals surface area (Å²) in [6.45, 7) is 0.234. The van der Waals surface area contributed by atoms with Crippen LogP contribution in [0.5, 0.6) is 0 Å². The molecule has 3 N–H and O–H groups in total. The minimum Gasteiger partial charge on any atom is -0.390 e. The van der Waals surface area contributed by atoms with Gasteiger partial charge in [0.1, 0.15) is 0 Å². The van der Waals surface area contributed by atoms with E-state index in [-0.39, 0.29) is 0 Å². The number of hydrogen-bond donors (Lipinski definition) is 3. The van der Waals surface area contributed by atoms with Crippen LogP contribution in [0.3, 0.4) is 0 Å². The van der Waals surface area contributed by atoms with Gasteiger partial charge < -0.3 is 15.5 Å². The third kappa shape index (κ3) is 1.45. The quantitative estimate of drug-likeness (QED) is 0.443. The van der Waals surface area contributed by atoms with E-state index in [2.05, 4.69) is 5.32 Å². The monoisotopic (exact) mass is 149 g/mol. The molecule has 3 atom stereocenters. The van der Waals surface area contributed by atoms with E-state index in [1.807, 2.05) is 0 Å². The number of β-amino-alcohol motifs (C(OH)–C–C–N with tert-alkyl or cyclic N) is 1. The minimum atomic E-state index is -0.897. The highest BCUT2D eigenvalue weighted by atomic mass is 19.1. The van der Waals surface area contributed by atoms with Crippen LogP contribution in [0.25, 0.3) is 0 Å². The number of hydrogen-bond acceptors (Lipinski definition) is 3. The van der Waals surface area contributed by atoms with Gasteiger partial charge in [0.05, 0.1) is 18.9 Å². The second-order valence-electron chi connectivity index (χ2n) is 2.63. The maximum Gasteiger partial charge on any atom is 0.0960 e. The van der Waals surface area contributed by atoms with Gasteiger partial charge in [0.15, 0.2) is 0 Å². The highest BCUT2D eigenvalue weighted by Gasteiger charge is 2.29. The molecule has 4 heteroatoms. The van der Waals surface area contributed by atoms with Gasteiger partial charge in [-0.25, -0.2) is 0 Å². The van der Waals surface area contributed by atoms with Crippen LogP contribution in [0.4, 0.5) is 4.39 Å². The number of nitrogens with one attached hydrogen (secondary N) is 1. The largest absolute Gasteiger partial charge is 0.390 e. The molecule has 1 saturated heterocycles. The molecule has 1 aliphatic heterocycles. The maximum atomic E-state index is 12.0. The van der Waals surface area contributed by atoms with Crippen molar-refractivity contribution in [2.45, 2.75) is 12.2 Å². The molecular formula is C6H12FNO2. The van der Waals surface area contributed by atoms with Crippen molar-refractivity contribution < 1.29 is 14.6 Å². The van der Waals surface area contributed by atoms with Crippen LogP contribution >= 0.6 is 0 Å². The fraction of sp³-hybridized carbons (Fsp3) is 1.00. The lowest BCUT2D eigenvalue weighted by atomic mass is 9.95. The van der Waals surface area contributed by atoms with Crippen molar-refractivity contribution in [3.8, 4) is 0 Å². The molecule has 0 saturated carbocycles. The van der Waals surface area contributed by atoms with Gasteiger partial charge >= 0.3 is 0 Å². The number of halogens is 1.